The van der Waals surface area contributed by atoms with Gasteiger partial charge in [-0.3, -0.25) is 9.59 Å². The molecular weight excluding hydrogens is 397 g/mol. The topological polar surface area (TPSA) is 84.7 Å². The van der Waals surface area contributed by atoms with Gasteiger partial charge in [0.1, 0.15) is 17.7 Å². The number of amides is 2. The van der Waals surface area contributed by atoms with Gasteiger partial charge in [-0.05, 0) is 55.8 Å². The van der Waals surface area contributed by atoms with Gasteiger partial charge >= 0.3 is 0 Å². The van der Waals surface area contributed by atoms with Gasteiger partial charge in [0.25, 0.3) is 11.8 Å². The third kappa shape index (κ3) is 5.05. The molecule has 0 aromatic heterocycles. The largest absolute Gasteiger partial charge is 0.485 e. The Morgan fingerprint density at radius 1 is 1.17 bits per heavy atom. The molecule has 154 valence electrons. The molecule has 1 aliphatic rings. The first-order valence-corrected chi connectivity index (χ1v) is 9.80. The van der Waals surface area contributed by atoms with Crippen LogP contribution in [0.4, 0.5) is 4.39 Å². The van der Waals surface area contributed by atoms with Crippen molar-refractivity contribution in [2.24, 2.45) is 5.73 Å². The zero-order chi connectivity index (χ0) is 21.0. The Morgan fingerprint density at radius 3 is 2.72 bits per heavy atom. The van der Waals surface area contributed by atoms with Gasteiger partial charge in [0.15, 0.2) is 0 Å². The van der Waals surface area contributed by atoms with Crippen molar-refractivity contribution < 1.29 is 18.7 Å². The molecule has 2 aromatic rings. The normalized spacial score (nSPS) is 15.5. The van der Waals surface area contributed by atoms with E-state index in [1.807, 2.05) is 0 Å². The van der Waals surface area contributed by atoms with Crippen LogP contribution in [0.1, 0.15) is 45.7 Å². The lowest BCUT2D eigenvalue weighted by atomic mass is 10.0. The maximum atomic E-state index is 14.4. The van der Waals surface area contributed by atoms with E-state index in [-0.39, 0.29) is 22.8 Å². The summed E-state index contributed by atoms with van der Waals surface area (Å²) in [4.78, 5) is 26.1. The lowest BCUT2D eigenvalue weighted by Gasteiger charge is -2.22. The first-order valence-electron chi connectivity index (χ1n) is 9.42. The van der Waals surface area contributed by atoms with E-state index < -0.39 is 17.8 Å². The molecule has 3 N–H and O–H groups in total. The Kier molecular flexibility index (Phi) is 6.71. The molecule has 29 heavy (non-hydrogen) atoms. The van der Waals surface area contributed by atoms with E-state index in [1.165, 1.54) is 18.2 Å². The Balaban J connectivity index is 1.83. The van der Waals surface area contributed by atoms with Crippen molar-refractivity contribution in [2.75, 3.05) is 26.2 Å². The summed E-state index contributed by atoms with van der Waals surface area (Å²) in [6, 6.07) is 8.89. The van der Waals surface area contributed by atoms with Crippen LogP contribution in [0, 0.1) is 5.82 Å². The van der Waals surface area contributed by atoms with E-state index in [0.29, 0.717) is 30.2 Å². The van der Waals surface area contributed by atoms with Crippen LogP contribution in [0.3, 0.4) is 0 Å². The van der Waals surface area contributed by atoms with Gasteiger partial charge in [0, 0.05) is 24.7 Å². The number of rotatable bonds is 5. The first kappa shape index (κ1) is 21.1. The minimum atomic E-state index is -0.667. The molecule has 1 fully saturated rings. The minimum absolute atomic E-state index is 0.00563. The number of nitrogens with one attached hydrogen (secondary N) is 1. The zero-order valence-corrected chi connectivity index (χ0v) is 16.8. The van der Waals surface area contributed by atoms with E-state index in [2.05, 4.69) is 5.32 Å². The standard InChI is InChI=1S/C21H23ClFN3O3/c1-13(29-19-6-4-15(22)12-17(19)20(24)27)14-3-5-18(23)16(11-14)21(28)26-9-2-7-25-8-10-26/h3-6,11-13,25H,2,7-10H2,1H3,(H2,24,27). The summed E-state index contributed by atoms with van der Waals surface area (Å²) in [6.07, 6.45) is 0.270. The smallest absolute Gasteiger partial charge is 0.256 e. The van der Waals surface area contributed by atoms with Crippen LogP contribution in [0.15, 0.2) is 36.4 Å². The number of ether oxygens (including phenoxy) is 1. The summed E-state index contributed by atoms with van der Waals surface area (Å²) in [5.41, 5.74) is 6.16. The van der Waals surface area contributed by atoms with Crippen molar-refractivity contribution in [1.29, 1.82) is 0 Å². The minimum Gasteiger partial charge on any atom is -0.485 e. The van der Waals surface area contributed by atoms with Crippen molar-refractivity contribution in [1.82, 2.24) is 10.2 Å². The fourth-order valence-electron chi connectivity index (χ4n) is 3.23. The molecule has 0 spiro atoms. The number of halogens is 2. The monoisotopic (exact) mass is 419 g/mol. The van der Waals surface area contributed by atoms with Crippen LogP contribution in [0.25, 0.3) is 0 Å². The fraction of sp³-hybridized carbons (Fsp3) is 0.333. The summed E-state index contributed by atoms with van der Waals surface area (Å²) < 4.78 is 20.3. The van der Waals surface area contributed by atoms with Crippen LogP contribution in [-0.2, 0) is 0 Å². The summed E-state index contributed by atoms with van der Waals surface area (Å²) in [6.45, 7) is 4.37. The van der Waals surface area contributed by atoms with E-state index in [1.54, 1.807) is 30.0 Å². The number of nitrogens with two attached hydrogens (primary N) is 1. The Labute approximate surface area is 173 Å². The SMILES string of the molecule is CC(Oc1ccc(Cl)cc1C(N)=O)c1ccc(F)c(C(=O)N2CCCNCC2)c1. The molecule has 1 atom stereocenters. The molecule has 0 aliphatic carbocycles. The molecule has 0 saturated carbocycles. The van der Waals surface area contributed by atoms with Crippen molar-refractivity contribution in [3.63, 3.8) is 0 Å². The molecule has 2 aromatic carbocycles. The Hall–Kier alpha value is -2.64. The Morgan fingerprint density at radius 2 is 1.97 bits per heavy atom. The van der Waals surface area contributed by atoms with E-state index in [4.69, 9.17) is 22.1 Å². The molecule has 0 radical (unpaired) electrons. The van der Waals surface area contributed by atoms with Crippen LogP contribution in [0.5, 0.6) is 5.75 Å². The second kappa shape index (κ2) is 9.24. The quantitative estimate of drug-likeness (QED) is 0.779. The molecule has 0 bridgehead atoms. The average Bonchev–Trinajstić information content (AvgIpc) is 2.98. The molecule has 3 rings (SSSR count). The van der Waals surface area contributed by atoms with Crippen LogP contribution < -0.4 is 15.8 Å². The molecule has 8 heteroatoms. The Bertz CT molecular complexity index is 914. The molecule has 1 aliphatic heterocycles. The van der Waals surface area contributed by atoms with Gasteiger partial charge < -0.3 is 20.7 Å². The predicted molar refractivity (Wildman–Crippen MR) is 109 cm³/mol. The second-order valence-corrected chi connectivity index (χ2v) is 7.34. The lowest BCUT2D eigenvalue weighted by molar-refractivity contribution is 0.0761. The van der Waals surface area contributed by atoms with Gasteiger partial charge in [-0.25, -0.2) is 4.39 Å². The highest BCUT2D eigenvalue weighted by atomic mass is 35.5. The molecular formula is C21H23ClFN3O3. The number of hydrogen-bond acceptors (Lipinski definition) is 4. The van der Waals surface area contributed by atoms with Gasteiger partial charge in [-0.15, -0.1) is 0 Å². The number of nitrogens with zero attached hydrogens (tertiary/aromatic N) is 1. The average molecular weight is 420 g/mol. The molecule has 1 heterocycles. The predicted octanol–water partition coefficient (Wildman–Crippen LogP) is 3.15. The van der Waals surface area contributed by atoms with E-state index in [9.17, 15) is 14.0 Å². The number of carbonyl (C=O) groups excluding carboxylic acids is 2. The molecule has 2 amide bonds. The maximum Gasteiger partial charge on any atom is 0.256 e. The number of primary amides is 1. The van der Waals surface area contributed by atoms with Gasteiger partial charge in [-0.2, -0.15) is 0 Å². The fourth-order valence-corrected chi connectivity index (χ4v) is 3.41. The van der Waals surface area contributed by atoms with E-state index >= 15 is 0 Å². The van der Waals surface area contributed by atoms with Crippen molar-refractivity contribution in [2.45, 2.75) is 19.4 Å². The van der Waals surface area contributed by atoms with Crippen molar-refractivity contribution >= 4 is 23.4 Å². The summed E-state index contributed by atoms with van der Waals surface area (Å²) in [5, 5.41) is 3.58. The highest BCUT2D eigenvalue weighted by Gasteiger charge is 2.22. The van der Waals surface area contributed by atoms with Gasteiger partial charge in [0.2, 0.25) is 0 Å². The van der Waals surface area contributed by atoms with Crippen molar-refractivity contribution in [3.8, 4) is 5.75 Å². The number of benzene rings is 2. The maximum absolute atomic E-state index is 14.4. The summed E-state index contributed by atoms with van der Waals surface area (Å²) >= 11 is 5.92. The third-order valence-corrected chi connectivity index (χ3v) is 5.06. The van der Waals surface area contributed by atoms with Gasteiger partial charge in [-0.1, -0.05) is 17.7 Å². The molecule has 1 unspecified atom stereocenters. The van der Waals surface area contributed by atoms with Crippen LogP contribution in [0.2, 0.25) is 5.02 Å². The second-order valence-electron chi connectivity index (χ2n) is 6.90. The first-order chi connectivity index (χ1) is 13.9. The van der Waals surface area contributed by atoms with Crippen molar-refractivity contribution in [3.05, 3.63) is 63.9 Å². The number of carbonyl (C=O) groups is 2. The third-order valence-electron chi connectivity index (χ3n) is 4.83. The zero-order valence-electron chi connectivity index (χ0n) is 16.1. The lowest BCUT2D eigenvalue weighted by Crippen LogP contribution is -2.34. The molecule has 6 nitrogen and oxygen atoms in total. The highest BCUT2D eigenvalue weighted by Crippen LogP contribution is 2.28. The molecule has 1 saturated heterocycles. The van der Waals surface area contributed by atoms with Crippen LogP contribution in [-0.4, -0.2) is 42.9 Å². The van der Waals surface area contributed by atoms with E-state index in [0.717, 1.165) is 13.0 Å². The van der Waals surface area contributed by atoms with Gasteiger partial charge in [0.05, 0.1) is 11.1 Å². The summed E-state index contributed by atoms with van der Waals surface area (Å²) in [5.74, 6) is -1.32. The van der Waals surface area contributed by atoms with Crippen LogP contribution >= 0.6 is 11.6 Å². The summed E-state index contributed by atoms with van der Waals surface area (Å²) in [7, 11) is 0. The number of hydrogen-bond donors (Lipinski definition) is 2. The highest BCUT2D eigenvalue weighted by molar-refractivity contribution is 6.31.